The Hall–Kier alpha value is -0.960. The second-order valence-corrected chi connectivity index (χ2v) is 7.73. The molecule has 1 aromatic heterocycles. The first-order valence-electron chi connectivity index (χ1n) is 8.01. The van der Waals surface area contributed by atoms with E-state index in [4.69, 9.17) is 0 Å². The Kier molecular flexibility index (Phi) is 7.21. The maximum atomic E-state index is 12.5. The van der Waals surface area contributed by atoms with E-state index < -0.39 is 11.9 Å². The summed E-state index contributed by atoms with van der Waals surface area (Å²) in [4.78, 5) is 8.10. The van der Waals surface area contributed by atoms with Gasteiger partial charge < -0.3 is 10.6 Å². The van der Waals surface area contributed by atoms with Gasteiger partial charge in [0.2, 0.25) is 0 Å². The molecule has 0 radical (unpaired) electrons. The van der Waals surface area contributed by atoms with Crippen molar-refractivity contribution < 1.29 is 13.2 Å². The number of thioether (sulfide) groups is 1. The smallest absolute Gasteiger partial charge is 0.357 e. The van der Waals surface area contributed by atoms with Crippen molar-refractivity contribution >= 4 is 29.1 Å². The molecule has 0 spiro atoms. The number of aliphatic imine (C=N–C) groups is 1. The van der Waals surface area contributed by atoms with Crippen molar-refractivity contribution in [1.82, 2.24) is 15.6 Å². The van der Waals surface area contributed by atoms with Crippen LogP contribution in [-0.2, 0) is 12.6 Å². The van der Waals surface area contributed by atoms with Gasteiger partial charge in [-0.1, -0.05) is 0 Å². The number of guanidine groups is 1. The van der Waals surface area contributed by atoms with Crippen molar-refractivity contribution in [3.63, 3.8) is 0 Å². The minimum Gasteiger partial charge on any atom is -0.357 e. The maximum absolute atomic E-state index is 12.5. The summed E-state index contributed by atoms with van der Waals surface area (Å²) in [6.45, 7) is 3.16. The summed E-state index contributed by atoms with van der Waals surface area (Å²) in [6, 6.07) is 0.414. The lowest BCUT2D eigenvalue weighted by atomic mass is 10.2. The van der Waals surface area contributed by atoms with Crippen LogP contribution in [0.2, 0.25) is 0 Å². The van der Waals surface area contributed by atoms with Crippen LogP contribution >= 0.6 is 23.1 Å². The minimum absolute atomic E-state index is 0.412. The average molecular weight is 381 g/mol. The number of halogens is 3. The highest BCUT2D eigenvalue weighted by Gasteiger charge is 2.33. The van der Waals surface area contributed by atoms with Gasteiger partial charge in [0.05, 0.1) is 5.01 Å². The van der Waals surface area contributed by atoms with Gasteiger partial charge in [-0.3, -0.25) is 4.99 Å². The Morgan fingerprint density at radius 3 is 2.83 bits per heavy atom. The lowest BCUT2D eigenvalue weighted by Crippen LogP contribution is -2.42. The standard InChI is InChI=1S/C15H23F3N4S2/c1-3-19-14(21-10-4-5-11(8-10)23-2)20-7-6-13-22-12(9-24-13)15(16,17)18/h9-11H,3-8H2,1-2H3,(H2,19,20,21). The minimum atomic E-state index is -4.37. The van der Waals surface area contributed by atoms with E-state index in [2.05, 4.69) is 26.9 Å². The molecule has 1 saturated carbocycles. The zero-order valence-electron chi connectivity index (χ0n) is 13.8. The van der Waals surface area contributed by atoms with Crippen LogP contribution in [0.3, 0.4) is 0 Å². The van der Waals surface area contributed by atoms with Gasteiger partial charge in [0, 0.05) is 36.2 Å². The molecule has 0 aliphatic heterocycles. The molecular formula is C15H23F3N4S2. The summed E-state index contributed by atoms with van der Waals surface area (Å²) in [7, 11) is 0. The molecule has 1 fully saturated rings. The fourth-order valence-corrected chi connectivity index (χ4v) is 4.21. The first-order chi connectivity index (χ1) is 11.4. The van der Waals surface area contributed by atoms with Crippen LogP contribution in [-0.4, -0.2) is 41.6 Å². The largest absolute Gasteiger partial charge is 0.434 e. The van der Waals surface area contributed by atoms with Crippen LogP contribution in [0.15, 0.2) is 10.4 Å². The van der Waals surface area contributed by atoms with Crippen LogP contribution in [0.25, 0.3) is 0 Å². The van der Waals surface area contributed by atoms with Gasteiger partial charge in [-0.05, 0) is 32.4 Å². The number of aromatic nitrogens is 1. The molecule has 136 valence electrons. The zero-order chi connectivity index (χ0) is 17.6. The highest BCUT2D eigenvalue weighted by atomic mass is 32.2. The SMILES string of the molecule is CCNC(=NCCc1nc(C(F)(F)F)cs1)NC1CCC(SC)C1. The van der Waals surface area contributed by atoms with Crippen molar-refractivity contribution in [2.45, 2.75) is 50.1 Å². The second kappa shape index (κ2) is 8.94. The number of hydrogen-bond donors (Lipinski definition) is 2. The summed E-state index contributed by atoms with van der Waals surface area (Å²) < 4.78 is 37.6. The maximum Gasteiger partial charge on any atom is 0.434 e. The number of nitrogens with zero attached hydrogens (tertiary/aromatic N) is 2. The fourth-order valence-electron chi connectivity index (χ4n) is 2.62. The molecule has 2 atom stereocenters. The third-order valence-corrected chi connectivity index (χ3v) is 5.84. The quantitative estimate of drug-likeness (QED) is 0.585. The molecule has 0 amide bonds. The molecule has 9 heteroatoms. The summed E-state index contributed by atoms with van der Waals surface area (Å²) in [5.41, 5.74) is -0.814. The molecule has 0 saturated heterocycles. The molecule has 1 aliphatic rings. The first-order valence-corrected chi connectivity index (χ1v) is 10.2. The third kappa shape index (κ3) is 5.84. The average Bonchev–Trinajstić information content (AvgIpc) is 3.16. The molecule has 2 rings (SSSR count). The Labute approximate surface area is 148 Å². The summed E-state index contributed by atoms with van der Waals surface area (Å²) in [5.74, 6) is 0.733. The molecule has 0 bridgehead atoms. The third-order valence-electron chi connectivity index (χ3n) is 3.84. The predicted octanol–water partition coefficient (Wildman–Crippen LogP) is 3.54. The van der Waals surface area contributed by atoms with E-state index in [9.17, 15) is 13.2 Å². The molecule has 1 aliphatic carbocycles. The second-order valence-electron chi connectivity index (χ2n) is 5.65. The van der Waals surface area contributed by atoms with Gasteiger partial charge in [0.15, 0.2) is 11.7 Å². The molecule has 2 unspecified atom stereocenters. The molecule has 1 heterocycles. The van der Waals surface area contributed by atoms with Gasteiger partial charge in [0.1, 0.15) is 0 Å². The van der Waals surface area contributed by atoms with Gasteiger partial charge in [-0.25, -0.2) is 4.98 Å². The van der Waals surface area contributed by atoms with Crippen LogP contribution in [0.4, 0.5) is 13.2 Å². The van der Waals surface area contributed by atoms with Crippen molar-refractivity contribution in [3.8, 4) is 0 Å². The molecule has 0 aromatic carbocycles. The number of thiazole rings is 1. The van der Waals surface area contributed by atoms with Gasteiger partial charge in [-0.15, -0.1) is 11.3 Å². The van der Waals surface area contributed by atoms with Crippen molar-refractivity contribution in [2.24, 2.45) is 4.99 Å². The predicted molar refractivity (Wildman–Crippen MR) is 94.9 cm³/mol. The van der Waals surface area contributed by atoms with E-state index in [0.717, 1.165) is 42.1 Å². The van der Waals surface area contributed by atoms with Crippen LogP contribution in [0, 0.1) is 0 Å². The molecule has 1 aromatic rings. The van der Waals surface area contributed by atoms with Crippen molar-refractivity contribution in [2.75, 3.05) is 19.3 Å². The lowest BCUT2D eigenvalue weighted by Gasteiger charge is -2.17. The number of alkyl halides is 3. The van der Waals surface area contributed by atoms with Gasteiger partial charge in [0.25, 0.3) is 0 Å². The summed E-state index contributed by atoms with van der Waals surface area (Å²) >= 11 is 2.93. The van der Waals surface area contributed by atoms with Crippen molar-refractivity contribution in [3.05, 3.63) is 16.1 Å². The Morgan fingerprint density at radius 2 is 2.25 bits per heavy atom. The van der Waals surface area contributed by atoms with E-state index in [1.165, 1.54) is 6.42 Å². The molecule has 2 N–H and O–H groups in total. The molecular weight excluding hydrogens is 357 g/mol. The number of nitrogens with one attached hydrogen (secondary N) is 2. The van der Waals surface area contributed by atoms with Gasteiger partial charge >= 0.3 is 6.18 Å². The summed E-state index contributed by atoms with van der Waals surface area (Å²) in [5, 5.41) is 8.84. The van der Waals surface area contributed by atoms with E-state index >= 15 is 0 Å². The van der Waals surface area contributed by atoms with E-state index in [-0.39, 0.29) is 0 Å². The molecule has 24 heavy (non-hydrogen) atoms. The Morgan fingerprint density at radius 1 is 1.46 bits per heavy atom. The topological polar surface area (TPSA) is 49.3 Å². The monoisotopic (exact) mass is 380 g/mol. The Balaban J connectivity index is 1.85. The van der Waals surface area contributed by atoms with E-state index in [1.807, 2.05) is 18.7 Å². The normalized spacial score (nSPS) is 22.0. The van der Waals surface area contributed by atoms with Crippen molar-refractivity contribution in [1.29, 1.82) is 0 Å². The fraction of sp³-hybridized carbons (Fsp3) is 0.733. The van der Waals surface area contributed by atoms with E-state index in [0.29, 0.717) is 29.3 Å². The summed E-state index contributed by atoms with van der Waals surface area (Å²) in [6.07, 6.45) is 1.62. The molecule has 4 nitrogen and oxygen atoms in total. The lowest BCUT2D eigenvalue weighted by molar-refractivity contribution is -0.140. The van der Waals surface area contributed by atoms with Crippen LogP contribution in [0.5, 0.6) is 0 Å². The highest BCUT2D eigenvalue weighted by Crippen LogP contribution is 2.30. The zero-order valence-corrected chi connectivity index (χ0v) is 15.5. The van der Waals surface area contributed by atoms with Gasteiger partial charge in [-0.2, -0.15) is 24.9 Å². The first kappa shape index (κ1) is 19.4. The van der Waals surface area contributed by atoms with Crippen LogP contribution < -0.4 is 10.6 Å². The number of hydrogen-bond acceptors (Lipinski definition) is 4. The highest BCUT2D eigenvalue weighted by molar-refractivity contribution is 7.99. The van der Waals surface area contributed by atoms with E-state index in [1.54, 1.807) is 0 Å². The Bertz CT molecular complexity index is 545. The van der Waals surface area contributed by atoms with Crippen LogP contribution in [0.1, 0.15) is 36.9 Å². The number of rotatable bonds is 6.